The van der Waals surface area contributed by atoms with E-state index < -0.39 is 0 Å². The van der Waals surface area contributed by atoms with Gasteiger partial charge in [-0.25, -0.2) is 0 Å². The second kappa shape index (κ2) is 11.6. The van der Waals surface area contributed by atoms with E-state index in [-0.39, 0.29) is 0 Å². The minimum absolute atomic E-state index is 0.508. The molecule has 0 aromatic rings. The Morgan fingerprint density at radius 1 is 0.760 bits per heavy atom. The van der Waals surface area contributed by atoms with E-state index in [9.17, 15) is 0 Å². The van der Waals surface area contributed by atoms with Gasteiger partial charge in [0.1, 0.15) is 0 Å². The van der Waals surface area contributed by atoms with Crippen LogP contribution >= 0.6 is 0 Å². The van der Waals surface area contributed by atoms with Gasteiger partial charge in [0, 0.05) is 13.1 Å². The molecule has 0 saturated carbocycles. The highest BCUT2D eigenvalue weighted by atomic mass is 15.1. The van der Waals surface area contributed by atoms with Gasteiger partial charge in [-0.3, -0.25) is 0 Å². The quantitative estimate of drug-likeness (QED) is 0.556. The van der Waals surface area contributed by atoms with Gasteiger partial charge in [-0.1, -0.05) is 62.3 Å². The third kappa shape index (κ3) is 9.99. The predicted molar refractivity (Wildman–Crippen MR) is 115 cm³/mol. The van der Waals surface area contributed by atoms with Gasteiger partial charge in [0.05, 0.1) is 0 Å². The van der Waals surface area contributed by atoms with E-state index in [4.69, 9.17) is 0 Å². The van der Waals surface area contributed by atoms with Crippen molar-refractivity contribution < 1.29 is 0 Å². The molecule has 0 N–H and O–H groups in total. The first-order valence-corrected chi connectivity index (χ1v) is 10.9. The second-order valence-electron chi connectivity index (χ2n) is 10.1. The smallest absolute Gasteiger partial charge is 0.00145 e. The largest absolute Gasteiger partial charge is 0.306 e. The van der Waals surface area contributed by atoms with Gasteiger partial charge in [-0.05, 0) is 75.0 Å². The summed E-state index contributed by atoms with van der Waals surface area (Å²) in [7, 11) is 2.23. The zero-order valence-electron chi connectivity index (χ0n) is 19.4. The molecule has 2 fully saturated rings. The summed E-state index contributed by atoms with van der Waals surface area (Å²) in [6.07, 6.45) is 5.64. The van der Waals surface area contributed by atoms with Crippen LogP contribution in [0.3, 0.4) is 0 Å². The molecular formula is C23H50N2. The SMILES string of the molecule is CC.CCN1CCCC(C(C)(C)C)C1.CN1CCCC(C(C)(C)C)C1. The summed E-state index contributed by atoms with van der Waals surface area (Å²) in [5.74, 6) is 1.81. The first-order valence-electron chi connectivity index (χ1n) is 10.9. The van der Waals surface area contributed by atoms with Crippen molar-refractivity contribution in [2.45, 2.75) is 88.0 Å². The molecule has 0 spiro atoms. The van der Waals surface area contributed by atoms with Crippen molar-refractivity contribution in [1.82, 2.24) is 9.80 Å². The normalized spacial score (nSPS) is 26.2. The summed E-state index contributed by atoms with van der Waals surface area (Å²) < 4.78 is 0. The third-order valence-electron chi connectivity index (χ3n) is 6.03. The highest BCUT2D eigenvalue weighted by Crippen LogP contribution is 2.33. The molecule has 2 rings (SSSR count). The van der Waals surface area contributed by atoms with E-state index in [2.05, 4.69) is 65.3 Å². The third-order valence-corrected chi connectivity index (χ3v) is 6.03. The summed E-state index contributed by atoms with van der Waals surface area (Å²) in [4.78, 5) is 5.04. The van der Waals surface area contributed by atoms with Crippen molar-refractivity contribution in [2.24, 2.45) is 22.7 Å². The molecule has 2 heteroatoms. The Bertz CT molecular complexity index is 324. The molecule has 2 nitrogen and oxygen atoms in total. The van der Waals surface area contributed by atoms with E-state index in [0.717, 1.165) is 11.8 Å². The zero-order chi connectivity index (χ0) is 19.7. The maximum atomic E-state index is 2.58. The van der Waals surface area contributed by atoms with Crippen LogP contribution in [0.1, 0.15) is 88.0 Å². The van der Waals surface area contributed by atoms with Gasteiger partial charge < -0.3 is 9.80 Å². The van der Waals surface area contributed by atoms with Crippen molar-refractivity contribution in [3.63, 3.8) is 0 Å². The van der Waals surface area contributed by atoms with Crippen LogP contribution in [0.2, 0.25) is 0 Å². The number of likely N-dealkylation sites (tertiary alicyclic amines) is 2. The van der Waals surface area contributed by atoms with Gasteiger partial charge in [0.15, 0.2) is 0 Å². The monoisotopic (exact) mass is 354 g/mol. The molecule has 0 bridgehead atoms. The second-order valence-corrected chi connectivity index (χ2v) is 10.1. The van der Waals surface area contributed by atoms with E-state index >= 15 is 0 Å². The predicted octanol–water partition coefficient (Wildman–Crippen LogP) is 6.16. The van der Waals surface area contributed by atoms with Crippen molar-refractivity contribution in [1.29, 1.82) is 0 Å². The van der Waals surface area contributed by atoms with Crippen LogP contribution in [0, 0.1) is 22.7 Å². The van der Waals surface area contributed by atoms with Crippen LogP contribution in [-0.2, 0) is 0 Å². The molecule has 0 aliphatic carbocycles. The van der Waals surface area contributed by atoms with Crippen LogP contribution < -0.4 is 0 Å². The van der Waals surface area contributed by atoms with Crippen LogP contribution in [0.4, 0.5) is 0 Å². The summed E-state index contributed by atoms with van der Waals surface area (Å²) in [6.45, 7) is 26.9. The molecule has 0 aromatic carbocycles. The molecule has 2 unspecified atom stereocenters. The summed E-state index contributed by atoms with van der Waals surface area (Å²) in [5, 5.41) is 0. The number of rotatable bonds is 1. The molecule has 2 atom stereocenters. The van der Waals surface area contributed by atoms with Crippen molar-refractivity contribution >= 4 is 0 Å². The number of piperidine rings is 2. The van der Waals surface area contributed by atoms with E-state index in [1.807, 2.05) is 13.8 Å². The maximum absolute atomic E-state index is 2.58. The Morgan fingerprint density at radius 3 is 1.56 bits per heavy atom. The number of nitrogens with zero attached hydrogens (tertiary/aromatic N) is 2. The average molecular weight is 355 g/mol. The minimum atomic E-state index is 0.508. The number of hydrogen-bond donors (Lipinski definition) is 0. The molecule has 2 aliphatic heterocycles. The van der Waals surface area contributed by atoms with Gasteiger partial charge in [0.2, 0.25) is 0 Å². The van der Waals surface area contributed by atoms with Crippen LogP contribution in [-0.4, -0.2) is 49.6 Å². The zero-order valence-corrected chi connectivity index (χ0v) is 19.4. The lowest BCUT2D eigenvalue weighted by molar-refractivity contribution is 0.103. The van der Waals surface area contributed by atoms with Gasteiger partial charge in [0.25, 0.3) is 0 Å². The molecule has 0 aromatic heterocycles. The van der Waals surface area contributed by atoms with Gasteiger partial charge in [-0.2, -0.15) is 0 Å². The molecule has 152 valence electrons. The topological polar surface area (TPSA) is 6.48 Å². The van der Waals surface area contributed by atoms with E-state index in [1.54, 1.807) is 0 Å². The fraction of sp³-hybridized carbons (Fsp3) is 1.00. The van der Waals surface area contributed by atoms with Gasteiger partial charge >= 0.3 is 0 Å². The molecule has 2 saturated heterocycles. The summed E-state index contributed by atoms with van der Waals surface area (Å²) in [6, 6.07) is 0. The minimum Gasteiger partial charge on any atom is -0.306 e. The Kier molecular flexibility index (Phi) is 11.6. The lowest BCUT2D eigenvalue weighted by atomic mass is 9.76. The first-order chi connectivity index (χ1) is 11.5. The van der Waals surface area contributed by atoms with E-state index in [1.165, 1.54) is 58.4 Å². The van der Waals surface area contributed by atoms with Crippen molar-refractivity contribution in [3.05, 3.63) is 0 Å². The molecule has 2 heterocycles. The summed E-state index contributed by atoms with van der Waals surface area (Å²) in [5.41, 5.74) is 1.02. The van der Waals surface area contributed by atoms with Crippen LogP contribution in [0.5, 0.6) is 0 Å². The molecule has 2 aliphatic rings. The van der Waals surface area contributed by atoms with E-state index in [0.29, 0.717) is 10.8 Å². The van der Waals surface area contributed by atoms with Gasteiger partial charge in [-0.15, -0.1) is 0 Å². The van der Waals surface area contributed by atoms with Crippen molar-refractivity contribution in [2.75, 3.05) is 39.8 Å². The Balaban J connectivity index is 0.000000421. The summed E-state index contributed by atoms with van der Waals surface area (Å²) >= 11 is 0. The molecule has 0 amide bonds. The van der Waals surface area contributed by atoms with Crippen LogP contribution in [0.25, 0.3) is 0 Å². The highest BCUT2D eigenvalue weighted by molar-refractivity contribution is 4.81. The maximum Gasteiger partial charge on any atom is 0.00145 e. The Hall–Kier alpha value is -0.0800. The average Bonchev–Trinajstić information content (AvgIpc) is 2.56. The standard InChI is InChI=1S/C11H23N.C10H21N.C2H6/c1-5-12-8-6-7-10(9-12)11(2,3)4;1-10(2,3)9-6-5-7-11(4)8-9;1-2/h10H,5-9H2,1-4H3;9H,5-8H2,1-4H3;1-2H3. The first kappa shape index (κ1) is 24.9. The Morgan fingerprint density at radius 2 is 1.20 bits per heavy atom. The van der Waals surface area contributed by atoms with Crippen molar-refractivity contribution in [3.8, 4) is 0 Å². The van der Waals surface area contributed by atoms with Crippen LogP contribution in [0.15, 0.2) is 0 Å². The molecule has 25 heavy (non-hydrogen) atoms. The molecule has 0 radical (unpaired) electrons. The number of hydrogen-bond acceptors (Lipinski definition) is 2. The highest BCUT2D eigenvalue weighted by Gasteiger charge is 2.29. The lowest BCUT2D eigenvalue weighted by Gasteiger charge is -2.39. The lowest BCUT2D eigenvalue weighted by Crippen LogP contribution is -2.40. The fourth-order valence-electron chi connectivity index (χ4n) is 3.92. The Labute approximate surface area is 160 Å². The molecular weight excluding hydrogens is 304 g/mol. The fourth-order valence-corrected chi connectivity index (χ4v) is 3.92.